The van der Waals surface area contributed by atoms with Gasteiger partial charge in [0.05, 0.1) is 0 Å². The summed E-state index contributed by atoms with van der Waals surface area (Å²) in [5.41, 5.74) is 1.54. The van der Waals surface area contributed by atoms with Crippen LogP contribution >= 0.6 is 0 Å². The highest BCUT2D eigenvalue weighted by atomic mass is 19.1. The van der Waals surface area contributed by atoms with Crippen LogP contribution in [-0.2, 0) is 0 Å². The van der Waals surface area contributed by atoms with E-state index in [1.165, 1.54) is 6.08 Å². The third kappa shape index (κ3) is 2.51. The molecule has 1 heterocycles. The Hall–Kier alpha value is -2.03. The standard InChI is InChI=1S/C13H10FN2/c1-10(14)7-11-8-15-13(16-9-11)12-5-3-2-4-6-12/h2-9H,1H2/b10-7-. The van der Waals surface area contributed by atoms with Crippen molar-refractivity contribution in [3.05, 3.63) is 61.0 Å². The lowest BCUT2D eigenvalue weighted by molar-refractivity contribution is 0.673. The van der Waals surface area contributed by atoms with Crippen molar-refractivity contribution in [2.45, 2.75) is 0 Å². The maximum absolute atomic E-state index is 12.5. The molecule has 0 N–H and O–H groups in total. The topological polar surface area (TPSA) is 25.8 Å². The van der Waals surface area contributed by atoms with Gasteiger partial charge in [-0.3, -0.25) is 0 Å². The summed E-state index contributed by atoms with van der Waals surface area (Å²) in [6, 6.07) is 9.61. The van der Waals surface area contributed by atoms with Crippen LogP contribution in [0.25, 0.3) is 17.5 Å². The quantitative estimate of drug-likeness (QED) is 0.765. The molecule has 16 heavy (non-hydrogen) atoms. The van der Waals surface area contributed by atoms with Gasteiger partial charge in [0.15, 0.2) is 5.82 Å². The number of hydrogen-bond acceptors (Lipinski definition) is 2. The minimum atomic E-state index is -0.504. The number of halogens is 1. The van der Waals surface area contributed by atoms with Crippen LogP contribution < -0.4 is 0 Å². The van der Waals surface area contributed by atoms with E-state index in [2.05, 4.69) is 16.9 Å². The summed E-state index contributed by atoms with van der Waals surface area (Å²) in [6.45, 7) is 3.15. The molecule has 0 spiro atoms. The molecule has 0 atom stereocenters. The second-order valence-electron chi connectivity index (χ2n) is 3.30. The van der Waals surface area contributed by atoms with E-state index >= 15 is 0 Å². The van der Waals surface area contributed by atoms with Gasteiger partial charge in [-0.05, 0) is 6.08 Å². The van der Waals surface area contributed by atoms with Gasteiger partial charge in [0.1, 0.15) is 5.83 Å². The van der Waals surface area contributed by atoms with Gasteiger partial charge in [-0.25, -0.2) is 14.4 Å². The Balaban J connectivity index is 2.30. The Bertz CT molecular complexity index is 485. The van der Waals surface area contributed by atoms with E-state index in [9.17, 15) is 4.39 Å². The number of benzene rings is 1. The second-order valence-corrected chi connectivity index (χ2v) is 3.30. The number of allylic oxidation sites excluding steroid dienone is 1. The molecule has 0 aliphatic heterocycles. The minimum Gasteiger partial charge on any atom is -0.236 e. The Kier molecular flexibility index (Phi) is 3.05. The molecule has 2 nitrogen and oxygen atoms in total. The predicted octanol–water partition coefficient (Wildman–Crippen LogP) is 3.29. The lowest BCUT2D eigenvalue weighted by atomic mass is 10.2. The number of hydrogen-bond donors (Lipinski definition) is 0. The highest BCUT2D eigenvalue weighted by molar-refractivity contribution is 5.56. The largest absolute Gasteiger partial charge is 0.236 e. The van der Waals surface area contributed by atoms with Gasteiger partial charge >= 0.3 is 0 Å². The lowest BCUT2D eigenvalue weighted by Gasteiger charge is -1.99. The van der Waals surface area contributed by atoms with Crippen LogP contribution in [-0.4, -0.2) is 9.97 Å². The van der Waals surface area contributed by atoms with Gasteiger partial charge in [0.2, 0.25) is 0 Å². The van der Waals surface area contributed by atoms with Crippen LogP contribution in [0.15, 0.2) is 48.6 Å². The molecule has 2 aromatic rings. The SMILES string of the molecule is [CH2]/C(F)=C/c1cnc(-c2ccccc2)nc1. The van der Waals surface area contributed by atoms with Gasteiger partial charge in [0, 0.05) is 30.4 Å². The van der Waals surface area contributed by atoms with Crippen molar-refractivity contribution < 1.29 is 4.39 Å². The third-order valence-electron chi connectivity index (χ3n) is 2.03. The summed E-state index contributed by atoms with van der Waals surface area (Å²) < 4.78 is 12.5. The first kappa shape index (κ1) is 10.5. The molecule has 0 fully saturated rings. The number of nitrogens with zero attached hydrogens (tertiary/aromatic N) is 2. The summed E-state index contributed by atoms with van der Waals surface area (Å²) in [7, 11) is 0. The molecule has 79 valence electrons. The number of aromatic nitrogens is 2. The van der Waals surface area contributed by atoms with Crippen LogP contribution in [0.5, 0.6) is 0 Å². The third-order valence-corrected chi connectivity index (χ3v) is 2.03. The molecular formula is C13H10FN2. The van der Waals surface area contributed by atoms with E-state index in [1.54, 1.807) is 12.4 Å². The van der Waals surface area contributed by atoms with E-state index < -0.39 is 5.83 Å². The lowest BCUT2D eigenvalue weighted by Crippen LogP contribution is -1.88. The van der Waals surface area contributed by atoms with Crippen molar-refractivity contribution in [2.75, 3.05) is 0 Å². The van der Waals surface area contributed by atoms with E-state index in [0.29, 0.717) is 11.4 Å². The van der Waals surface area contributed by atoms with Gasteiger partial charge in [0.25, 0.3) is 0 Å². The van der Waals surface area contributed by atoms with Crippen LogP contribution in [0.1, 0.15) is 5.56 Å². The van der Waals surface area contributed by atoms with Crippen molar-refractivity contribution in [3.8, 4) is 11.4 Å². The summed E-state index contributed by atoms with van der Waals surface area (Å²) in [5.74, 6) is 0.123. The van der Waals surface area contributed by atoms with E-state index in [-0.39, 0.29) is 0 Å². The Morgan fingerprint density at radius 3 is 2.31 bits per heavy atom. The Morgan fingerprint density at radius 1 is 1.12 bits per heavy atom. The zero-order valence-electron chi connectivity index (χ0n) is 8.60. The van der Waals surface area contributed by atoms with Crippen molar-refractivity contribution in [2.24, 2.45) is 0 Å². The normalized spacial score (nSPS) is 11.5. The molecule has 0 aliphatic rings. The van der Waals surface area contributed by atoms with Crippen molar-refractivity contribution >= 4 is 6.08 Å². The molecule has 2 rings (SSSR count). The first-order chi connectivity index (χ1) is 7.75. The summed E-state index contributed by atoms with van der Waals surface area (Å²) in [6.07, 6.45) is 4.43. The van der Waals surface area contributed by atoms with E-state index in [4.69, 9.17) is 0 Å². The summed E-state index contributed by atoms with van der Waals surface area (Å²) >= 11 is 0. The summed E-state index contributed by atoms with van der Waals surface area (Å²) in [4.78, 5) is 8.30. The molecule has 0 aliphatic carbocycles. The Labute approximate surface area is 93.5 Å². The molecule has 1 aromatic heterocycles. The van der Waals surface area contributed by atoms with Crippen LogP contribution in [0, 0.1) is 6.92 Å². The van der Waals surface area contributed by atoms with Crippen LogP contribution in [0.4, 0.5) is 4.39 Å². The van der Waals surface area contributed by atoms with Crippen molar-refractivity contribution in [1.29, 1.82) is 0 Å². The molecule has 0 bridgehead atoms. The van der Waals surface area contributed by atoms with Crippen molar-refractivity contribution in [1.82, 2.24) is 9.97 Å². The highest BCUT2D eigenvalue weighted by Gasteiger charge is 1.99. The maximum Gasteiger partial charge on any atom is 0.159 e. The monoisotopic (exact) mass is 213 g/mol. The summed E-state index contributed by atoms with van der Waals surface area (Å²) in [5, 5.41) is 0. The molecule has 1 radical (unpaired) electrons. The fraction of sp³-hybridized carbons (Fsp3) is 0. The van der Waals surface area contributed by atoms with Crippen molar-refractivity contribution in [3.63, 3.8) is 0 Å². The highest BCUT2D eigenvalue weighted by Crippen LogP contribution is 2.14. The smallest absolute Gasteiger partial charge is 0.159 e. The zero-order valence-corrected chi connectivity index (χ0v) is 8.60. The molecule has 0 amide bonds. The minimum absolute atomic E-state index is 0.504. The zero-order chi connectivity index (χ0) is 11.4. The average Bonchev–Trinajstić information content (AvgIpc) is 2.30. The van der Waals surface area contributed by atoms with Crippen LogP contribution in [0.2, 0.25) is 0 Å². The fourth-order valence-electron chi connectivity index (χ4n) is 1.33. The molecule has 1 aromatic carbocycles. The van der Waals surface area contributed by atoms with Gasteiger partial charge < -0.3 is 0 Å². The molecule has 3 heteroatoms. The first-order valence-corrected chi connectivity index (χ1v) is 4.82. The molecule has 0 unspecified atom stereocenters. The fourth-order valence-corrected chi connectivity index (χ4v) is 1.33. The van der Waals surface area contributed by atoms with Crippen LogP contribution in [0.3, 0.4) is 0 Å². The molecule has 0 saturated heterocycles. The Morgan fingerprint density at radius 2 is 1.75 bits per heavy atom. The van der Waals surface area contributed by atoms with Gasteiger partial charge in [-0.1, -0.05) is 30.3 Å². The predicted molar refractivity (Wildman–Crippen MR) is 61.9 cm³/mol. The van der Waals surface area contributed by atoms with Gasteiger partial charge in [-0.15, -0.1) is 0 Å². The van der Waals surface area contributed by atoms with E-state index in [0.717, 1.165) is 5.56 Å². The first-order valence-electron chi connectivity index (χ1n) is 4.82. The van der Waals surface area contributed by atoms with Gasteiger partial charge in [-0.2, -0.15) is 0 Å². The van der Waals surface area contributed by atoms with E-state index in [1.807, 2.05) is 30.3 Å². The average molecular weight is 213 g/mol. The number of rotatable bonds is 2. The molecule has 0 saturated carbocycles. The maximum atomic E-state index is 12.5. The second kappa shape index (κ2) is 4.66. The molecular weight excluding hydrogens is 203 g/mol.